The van der Waals surface area contributed by atoms with Crippen LogP contribution in [0.1, 0.15) is 10.4 Å². The molecule has 1 fully saturated rings. The lowest BCUT2D eigenvalue weighted by atomic mass is 10.2. The predicted octanol–water partition coefficient (Wildman–Crippen LogP) is 3.68. The lowest BCUT2D eigenvalue weighted by molar-refractivity contribution is 0.102. The van der Waals surface area contributed by atoms with Gasteiger partial charge < -0.3 is 24.6 Å². The Kier molecular flexibility index (Phi) is 6.21. The third-order valence-corrected chi connectivity index (χ3v) is 5.34. The molecule has 1 aliphatic rings. The third-order valence-electron chi connectivity index (χ3n) is 5.34. The van der Waals surface area contributed by atoms with Gasteiger partial charge >= 0.3 is 0 Å². The molecule has 0 spiro atoms. The van der Waals surface area contributed by atoms with Crippen molar-refractivity contribution in [1.82, 2.24) is 4.98 Å². The molecule has 160 valence electrons. The van der Waals surface area contributed by atoms with Gasteiger partial charge in [-0.15, -0.1) is 0 Å². The molecule has 1 N–H and O–H groups in total. The average Bonchev–Trinajstić information content (AvgIpc) is 2.84. The number of pyridine rings is 1. The van der Waals surface area contributed by atoms with Gasteiger partial charge in [0.05, 0.1) is 26.1 Å². The zero-order chi connectivity index (χ0) is 21.6. The number of methoxy groups -OCH3 is 2. The van der Waals surface area contributed by atoms with Gasteiger partial charge in [0.1, 0.15) is 17.3 Å². The lowest BCUT2D eigenvalue weighted by Crippen LogP contribution is -2.46. The number of carbonyl (C=O) groups excluding carboxylic acids is 1. The van der Waals surface area contributed by atoms with E-state index < -0.39 is 0 Å². The maximum atomic E-state index is 12.6. The molecule has 1 amide bonds. The SMILES string of the molecule is COc1cc(OC)cc(C(=O)Nc2ccc(N3CCN(c4ccccc4)CC3)nc2)c1. The first kappa shape index (κ1) is 20.5. The molecule has 0 saturated carbocycles. The summed E-state index contributed by atoms with van der Waals surface area (Å²) >= 11 is 0. The molecule has 0 bridgehead atoms. The van der Waals surface area contributed by atoms with Gasteiger partial charge in [-0.2, -0.15) is 0 Å². The fraction of sp³-hybridized carbons (Fsp3) is 0.250. The molecule has 0 atom stereocenters. The first-order valence-electron chi connectivity index (χ1n) is 10.2. The van der Waals surface area contributed by atoms with Crippen molar-refractivity contribution in [3.8, 4) is 11.5 Å². The highest BCUT2D eigenvalue weighted by Gasteiger charge is 2.18. The summed E-state index contributed by atoms with van der Waals surface area (Å²) in [6, 6.07) is 19.3. The summed E-state index contributed by atoms with van der Waals surface area (Å²) in [6.07, 6.45) is 1.69. The summed E-state index contributed by atoms with van der Waals surface area (Å²) in [5.41, 5.74) is 2.35. The van der Waals surface area contributed by atoms with E-state index in [1.165, 1.54) is 5.69 Å². The number of amides is 1. The largest absolute Gasteiger partial charge is 0.497 e. The van der Waals surface area contributed by atoms with Crippen LogP contribution in [0.25, 0.3) is 0 Å². The number of piperazine rings is 1. The molecule has 31 heavy (non-hydrogen) atoms. The second-order valence-electron chi connectivity index (χ2n) is 7.27. The molecular weight excluding hydrogens is 392 g/mol. The minimum atomic E-state index is -0.247. The van der Waals surface area contributed by atoms with Gasteiger partial charge in [-0.1, -0.05) is 18.2 Å². The molecule has 1 aliphatic heterocycles. The Hall–Kier alpha value is -3.74. The summed E-state index contributed by atoms with van der Waals surface area (Å²) < 4.78 is 10.5. The zero-order valence-corrected chi connectivity index (χ0v) is 17.7. The van der Waals surface area contributed by atoms with E-state index >= 15 is 0 Å². The van der Waals surface area contributed by atoms with E-state index in [0.29, 0.717) is 22.7 Å². The summed E-state index contributed by atoms with van der Waals surface area (Å²) in [5.74, 6) is 1.79. The van der Waals surface area contributed by atoms with Crippen molar-refractivity contribution in [1.29, 1.82) is 0 Å². The Morgan fingerprint density at radius 2 is 1.52 bits per heavy atom. The van der Waals surface area contributed by atoms with E-state index in [9.17, 15) is 4.79 Å². The van der Waals surface area contributed by atoms with Crippen molar-refractivity contribution < 1.29 is 14.3 Å². The van der Waals surface area contributed by atoms with Gasteiger partial charge in [-0.25, -0.2) is 4.98 Å². The molecule has 4 rings (SSSR count). The minimum absolute atomic E-state index is 0.247. The Balaban J connectivity index is 1.37. The Morgan fingerprint density at radius 1 is 0.871 bits per heavy atom. The van der Waals surface area contributed by atoms with Crippen molar-refractivity contribution in [2.24, 2.45) is 0 Å². The van der Waals surface area contributed by atoms with Gasteiger partial charge in [0.2, 0.25) is 0 Å². The van der Waals surface area contributed by atoms with Crippen LogP contribution in [0.3, 0.4) is 0 Å². The van der Waals surface area contributed by atoms with Crippen LogP contribution < -0.4 is 24.6 Å². The fourth-order valence-corrected chi connectivity index (χ4v) is 3.62. The maximum absolute atomic E-state index is 12.6. The second kappa shape index (κ2) is 9.38. The minimum Gasteiger partial charge on any atom is -0.497 e. The highest BCUT2D eigenvalue weighted by atomic mass is 16.5. The molecule has 0 aliphatic carbocycles. The molecule has 0 unspecified atom stereocenters. The number of aromatic nitrogens is 1. The smallest absolute Gasteiger partial charge is 0.255 e. The first-order chi connectivity index (χ1) is 15.2. The van der Waals surface area contributed by atoms with Gasteiger partial charge in [-0.3, -0.25) is 4.79 Å². The van der Waals surface area contributed by atoms with E-state index in [4.69, 9.17) is 9.47 Å². The van der Waals surface area contributed by atoms with E-state index in [0.717, 1.165) is 32.0 Å². The molecule has 2 aromatic carbocycles. The van der Waals surface area contributed by atoms with Crippen LogP contribution >= 0.6 is 0 Å². The molecular formula is C24H26N4O3. The standard InChI is InChI=1S/C24H26N4O3/c1-30-21-14-18(15-22(16-21)31-2)24(29)26-19-8-9-23(25-17-19)28-12-10-27(11-13-28)20-6-4-3-5-7-20/h3-9,14-17H,10-13H2,1-2H3,(H,26,29). The molecule has 2 heterocycles. The second-order valence-corrected chi connectivity index (χ2v) is 7.27. The Morgan fingerprint density at radius 3 is 2.10 bits per heavy atom. The molecule has 1 aromatic heterocycles. The zero-order valence-electron chi connectivity index (χ0n) is 17.7. The number of benzene rings is 2. The number of ether oxygens (including phenoxy) is 2. The van der Waals surface area contributed by atoms with Crippen LogP contribution in [-0.2, 0) is 0 Å². The summed E-state index contributed by atoms with van der Waals surface area (Å²) in [5, 5.41) is 2.88. The van der Waals surface area contributed by atoms with E-state index in [1.54, 1.807) is 38.6 Å². The molecule has 3 aromatic rings. The van der Waals surface area contributed by atoms with Crippen LogP contribution in [0.4, 0.5) is 17.2 Å². The molecule has 7 nitrogen and oxygen atoms in total. The highest BCUT2D eigenvalue weighted by molar-refractivity contribution is 6.04. The van der Waals surface area contributed by atoms with Crippen molar-refractivity contribution in [2.45, 2.75) is 0 Å². The van der Waals surface area contributed by atoms with Crippen LogP contribution in [-0.4, -0.2) is 51.3 Å². The normalized spacial score (nSPS) is 13.6. The van der Waals surface area contributed by atoms with Crippen LogP contribution in [0.15, 0.2) is 66.9 Å². The molecule has 0 radical (unpaired) electrons. The van der Waals surface area contributed by atoms with Crippen LogP contribution in [0.5, 0.6) is 11.5 Å². The number of rotatable bonds is 6. The van der Waals surface area contributed by atoms with E-state index in [1.807, 2.05) is 18.2 Å². The maximum Gasteiger partial charge on any atom is 0.255 e. The fourth-order valence-electron chi connectivity index (χ4n) is 3.62. The van der Waals surface area contributed by atoms with Gasteiger partial charge in [-0.05, 0) is 36.4 Å². The van der Waals surface area contributed by atoms with Gasteiger partial charge in [0, 0.05) is 43.5 Å². The van der Waals surface area contributed by atoms with Crippen LogP contribution in [0, 0.1) is 0 Å². The monoisotopic (exact) mass is 418 g/mol. The number of carbonyl (C=O) groups is 1. The first-order valence-corrected chi connectivity index (χ1v) is 10.2. The third kappa shape index (κ3) is 4.88. The van der Waals surface area contributed by atoms with Gasteiger partial charge in [0.15, 0.2) is 0 Å². The Labute approximate surface area is 182 Å². The highest BCUT2D eigenvalue weighted by Crippen LogP contribution is 2.24. The topological polar surface area (TPSA) is 66.9 Å². The number of hydrogen-bond acceptors (Lipinski definition) is 6. The van der Waals surface area contributed by atoms with Crippen molar-refractivity contribution in [3.63, 3.8) is 0 Å². The average molecular weight is 418 g/mol. The summed E-state index contributed by atoms with van der Waals surface area (Å²) in [7, 11) is 3.11. The van der Waals surface area contributed by atoms with E-state index in [2.05, 4.69) is 44.4 Å². The molecule has 1 saturated heterocycles. The predicted molar refractivity (Wildman–Crippen MR) is 123 cm³/mol. The quantitative estimate of drug-likeness (QED) is 0.659. The number of hydrogen-bond donors (Lipinski definition) is 1. The van der Waals surface area contributed by atoms with Crippen molar-refractivity contribution in [2.75, 3.05) is 55.5 Å². The number of para-hydroxylation sites is 1. The van der Waals surface area contributed by atoms with Gasteiger partial charge in [0.25, 0.3) is 5.91 Å². The number of anilines is 3. The van der Waals surface area contributed by atoms with Crippen molar-refractivity contribution in [3.05, 3.63) is 72.4 Å². The van der Waals surface area contributed by atoms with E-state index in [-0.39, 0.29) is 5.91 Å². The number of nitrogens with one attached hydrogen (secondary N) is 1. The summed E-state index contributed by atoms with van der Waals surface area (Å²) in [6.45, 7) is 3.69. The Bertz CT molecular complexity index is 995. The number of nitrogens with zero attached hydrogens (tertiary/aromatic N) is 3. The molecule has 7 heteroatoms. The van der Waals surface area contributed by atoms with Crippen molar-refractivity contribution >= 4 is 23.1 Å². The summed E-state index contributed by atoms with van der Waals surface area (Å²) in [4.78, 5) is 21.8. The lowest BCUT2D eigenvalue weighted by Gasteiger charge is -2.36. The van der Waals surface area contributed by atoms with Crippen LogP contribution in [0.2, 0.25) is 0 Å².